The summed E-state index contributed by atoms with van der Waals surface area (Å²) in [5.41, 5.74) is 3.31. The first kappa shape index (κ1) is 11.1. The van der Waals surface area contributed by atoms with Crippen molar-refractivity contribution in [3.63, 3.8) is 0 Å². The topological polar surface area (TPSA) is 29.9 Å². The van der Waals surface area contributed by atoms with Gasteiger partial charge in [0.1, 0.15) is 0 Å². The standard InChI is InChI=1S/C12H11Cl2N3/c13-9-3-8(4-10(14)5-9)11-6-16-17-2-1-15-7-12(11)17/h3-6,15H,1-2,7H2. The SMILES string of the molecule is Clc1cc(Cl)cc(-c2cnn3c2CNCC3)c1. The van der Waals surface area contributed by atoms with Gasteiger partial charge in [-0.05, 0) is 23.8 Å². The van der Waals surface area contributed by atoms with Crippen molar-refractivity contribution in [3.05, 3.63) is 40.1 Å². The van der Waals surface area contributed by atoms with Crippen LogP contribution in [-0.2, 0) is 13.1 Å². The van der Waals surface area contributed by atoms with Crippen LogP contribution in [0, 0.1) is 0 Å². The number of hydrogen-bond donors (Lipinski definition) is 1. The highest BCUT2D eigenvalue weighted by Gasteiger charge is 2.15. The highest BCUT2D eigenvalue weighted by atomic mass is 35.5. The molecule has 17 heavy (non-hydrogen) atoms. The average molecular weight is 268 g/mol. The molecular formula is C12H11Cl2N3. The van der Waals surface area contributed by atoms with Gasteiger partial charge in [-0.3, -0.25) is 4.68 Å². The second-order valence-corrected chi connectivity index (χ2v) is 4.94. The third-order valence-corrected chi connectivity index (χ3v) is 3.35. The largest absolute Gasteiger partial charge is 0.309 e. The van der Waals surface area contributed by atoms with E-state index in [0.29, 0.717) is 10.0 Å². The van der Waals surface area contributed by atoms with Gasteiger partial charge in [0, 0.05) is 28.7 Å². The summed E-state index contributed by atoms with van der Waals surface area (Å²) < 4.78 is 2.03. The highest BCUT2D eigenvalue weighted by Crippen LogP contribution is 2.30. The van der Waals surface area contributed by atoms with Crippen LogP contribution in [-0.4, -0.2) is 16.3 Å². The molecule has 1 aromatic heterocycles. The lowest BCUT2D eigenvalue weighted by molar-refractivity contribution is 0.476. The average Bonchev–Trinajstić information content (AvgIpc) is 2.71. The molecule has 0 atom stereocenters. The maximum Gasteiger partial charge on any atom is 0.0601 e. The monoisotopic (exact) mass is 267 g/mol. The third kappa shape index (κ3) is 2.06. The van der Waals surface area contributed by atoms with Crippen LogP contribution >= 0.6 is 23.2 Å². The molecule has 88 valence electrons. The first-order valence-corrected chi connectivity index (χ1v) is 6.21. The first-order valence-electron chi connectivity index (χ1n) is 5.46. The number of benzene rings is 1. The Labute approximate surface area is 109 Å². The van der Waals surface area contributed by atoms with Gasteiger partial charge in [-0.2, -0.15) is 5.10 Å². The molecule has 5 heteroatoms. The van der Waals surface area contributed by atoms with E-state index >= 15 is 0 Å². The maximum atomic E-state index is 6.02. The summed E-state index contributed by atoms with van der Waals surface area (Å²) in [6.07, 6.45) is 1.88. The fourth-order valence-electron chi connectivity index (χ4n) is 2.13. The minimum atomic E-state index is 0.649. The van der Waals surface area contributed by atoms with Crippen LogP contribution in [0.3, 0.4) is 0 Å². The highest BCUT2D eigenvalue weighted by molar-refractivity contribution is 6.35. The van der Waals surface area contributed by atoms with E-state index in [1.165, 1.54) is 5.69 Å². The van der Waals surface area contributed by atoms with Crippen molar-refractivity contribution in [1.29, 1.82) is 0 Å². The summed E-state index contributed by atoms with van der Waals surface area (Å²) >= 11 is 12.0. The van der Waals surface area contributed by atoms with Gasteiger partial charge in [0.25, 0.3) is 0 Å². The zero-order chi connectivity index (χ0) is 11.8. The number of nitrogens with zero attached hydrogens (tertiary/aromatic N) is 2. The van der Waals surface area contributed by atoms with Crippen molar-refractivity contribution in [2.24, 2.45) is 0 Å². The molecule has 0 saturated heterocycles. The number of hydrogen-bond acceptors (Lipinski definition) is 2. The van der Waals surface area contributed by atoms with Crippen molar-refractivity contribution in [3.8, 4) is 11.1 Å². The van der Waals surface area contributed by atoms with Crippen molar-refractivity contribution >= 4 is 23.2 Å². The number of nitrogens with one attached hydrogen (secondary N) is 1. The number of aromatic nitrogens is 2. The Morgan fingerprint density at radius 1 is 1.18 bits per heavy atom. The summed E-state index contributed by atoms with van der Waals surface area (Å²) in [5.74, 6) is 0. The normalized spacial score (nSPS) is 14.7. The zero-order valence-electron chi connectivity index (χ0n) is 9.08. The van der Waals surface area contributed by atoms with Crippen LogP contribution in [0.5, 0.6) is 0 Å². The molecule has 2 aromatic rings. The number of halogens is 2. The smallest absolute Gasteiger partial charge is 0.0601 e. The molecule has 0 fully saturated rings. The molecule has 0 aliphatic carbocycles. The van der Waals surface area contributed by atoms with Crippen LogP contribution < -0.4 is 5.32 Å². The Morgan fingerprint density at radius 2 is 1.94 bits per heavy atom. The van der Waals surface area contributed by atoms with Gasteiger partial charge in [-0.15, -0.1) is 0 Å². The molecule has 0 bridgehead atoms. The molecule has 1 aliphatic heterocycles. The molecular weight excluding hydrogens is 257 g/mol. The van der Waals surface area contributed by atoms with Crippen molar-refractivity contribution in [1.82, 2.24) is 15.1 Å². The van der Waals surface area contributed by atoms with Crippen LogP contribution in [0.1, 0.15) is 5.69 Å². The van der Waals surface area contributed by atoms with E-state index in [0.717, 1.165) is 30.8 Å². The van der Waals surface area contributed by atoms with E-state index in [1.807, 2.05) is 23.0 Å². The zero-order valence-corrected chi connectivity index (χ0v) is 10.6. The lowest BCUT2D eigenvalue weighted by atomic mass is 10.1. The summed E-state index contributed by atoms with van der Waals surface area (Å²) in [6.45, 7) is 2.70. The molecule has 0 unspecified atom stereocenters. The van der Waals surface area contributed by atoms with Crippen LogP contribution in [0.25, 0.3) is 11.1 Å². The van der Waals surface area contributed by atoms with Gasteiger partial charge in [0.2, 0.25) is 0 Å². The Bertz CT molecular complexity index is 543. The van der Waals surface area contributed by atoms with Crippen LogP contribution in [0.4, 0.5) is 0 Å². The fourth-order valence-corrected chi connectivity index (χ4v) is 2.66. The molecule has 3 nitrogen and oxygen atoms in total. The first-order chi connectivity index (χ1) is 8.24. The molecule has 1 aromatic carbocycles. The fraction of sp³-hybridized carbons (Fsp3) is 0.250. The van der Waals surface area contributed by atoms with Crippen molar-refractivity contribution in [2.75, 3.05) is 6.54 Å². The Kier molecular flexibility index (Phi) is 2.82. The molecule has 0 spiro atoms. The van der Waals surface area contributed by atoms with E-state index in [-0.39, 0.29) is 0 Å². The Balaban J connectivity index is 2.11. The summed E-state index contributed by atoms with van der Waals surface area (Å²) in [6, 6.07) is 5.57. The lowest BCUT2D eigenvalue weighted by Crippen LogP contribution is -2.28. The quantitative estimate of drug-likeness (QED) is 0.861. The van der Waals surface area contributed by atoms with Crippen molar-refractivity contribution < 1.29 is 0 Å². The van der Waals surface area contributed by atoms with E-state index < -0.39 is 0 Å². The Morgan fingerprint density at radius 3 is 2.71 bits per heavy atom. The van der Waals surface area contributed by atoms with Gasteiger partial charge in [0.05, 0.1) is 18.4 Å². The van der Waals surface area contributed by atoms with Gasteiger partial charge in [-0.1, -0.05) is 23.2 Å². The molecule has 0 saturated carbocycles. The van der Waals surface area contributed by atoms with Crippen LogP contribution in [0.15, 0.2) is 24.4 Å². The van der Waals surface area contributed by atoms with Gasteiger partial charge >= 0.3 is 0 Å². The van der Waals surface area contributed by atoms with E-state index in [4.69, 9.17) is 23.2 Å². The van der Waals surface area contributed by atoms with E-state index in [2.05, 4.69) is 10.4 Å². The second kappa shape index (κ2) is 4.33. The van der Waals surface area contributed by atoms with Gasteiger partial charge < -0.3 is 5.32 Å². The number of rotatable bonds is 1. The summed E-state index contributed by atoms with van der Waals surface area (Å²) in [5, 5.41) is 9.02. The van der Waals surface area contributed by atoms with Gasteiger partial charge in [-0.25, -0.2) is 0 Å². The van der Waals surface area contributed by atoms with E-state index in [9.17, 15) is 0 Å². The minimum Gasteiger partial charge on any atom is -0.309 e. The predicted octanol–water partition coefficient (Wildman–Crippen LogP) is 2.96. The van der Waals surface area contributed by atoms with Crippen molar-refractivity contribution in [2.45, 2.75) is 13.1 Å². The molecule has 0 amide bonds. The summed E-state index contributed by atoms with van der Waals surface area (Å²) in [4.78, 5) is 0. The molecule has 2 heterocycles. The Hall–Kier alpha value is -1.03. The third-order valence-electron chi connectivity index (χ3n) is 2.92. The minimum absolute atomic E-state index is 0.649. The second-order valence-electron chi connectivity index (χ2n) is 4.06. The molecule has 0 radical (unpaired) electrons. The lowest BCUT2D eigenvalue weighted by Gasteiger charge is -2.16. The number of fused-ring (bicyclic) bond motifs is 1. The molecule has 3 rings (SSSR count). The van der Waals surface area contributed by atoms with E-state index in [1.54, 1.807) is 6.07 Å². The molecule has 1 N–H and O–H groups in total. The molecule has 1 aliphatic rings. The maximum absolute atomic E-state index is 6.02. The van der Waals surface area contributed by atoms with Crippen LogP contribution in [0.2, 0.25) is 10.0 Å². The van der Waals surface area contributed by atoms with Gasteiger partial charge in [0.15, 0.2) is 0 Å². The predicted molar refractivity (Wildman–Crippen MR) is 69.4 cm³/mol. The summed E-state index contributed by atoms with van der Waals surface area (Å²) in [7, 11) is 0.